The van der Waals surface area contributed by atoms with Gasteiger partial charge in [0, 0.05) is 57.4 Å². The Bertz CT molecular complexity index is 688. The molecule has 0 radical (unpaired) electrons. The highest BCUT2D eigenvalue weighted by molar-refractivity contribution is 14.0. The third-order valence-corrected chi connectivity index (χ3v) is 4.69. The molecule has 0 spiro atoms. The normalized spacial score (nSPS) is 15.7. The first-order chi connectivity index (χ1) is 12.7. The van der Waals surface area contributed by atoms with Gasteiger partial charge in [-0.1, -0.05) is 10.3 Å². The van der Waals surface area contributed by atoms with Crippen molar-refractivity contribution in [2.24, 2.45) is 4.99 Å². The molecule has 0 saturated carbocycles. The van der Waals surface area contributed by atoms with E-state index in [2.05, 4.69) is 32.4 Å². The average molecular weight is 488 g/mol. The van der Waals surface area contributed by atoms with Crippen molar-refractivity contribution in [2.45, 2.75) is 33.7 Å². The van der Waals surface area contributed by atoms with Gasteiger partial charge in [0.05, 0.1) is 11.4 Å². The van der Waals surface area contributed by atoms with Crippen LogP contribution in [-0.2, 0) is 13.0 Å². The molecule has 9 heteroatoms. The van der Waals surface area contributed by atoms with Gasteiger partial charge in [-0.25, -0.2) is 0 Å². The number of aryl methyl sites for hydroxylation is 2. The van der Waals surface area contributed by atoms with Crippen molar-refractivity contribution in [1.29, 1.82) is 0 Å². The number of nitrogens with one attached hydrogen (secondary N) is 1. The third-order valence-electron chi connectivity index (χ3n) is 4.69. The molecule has 27 heavy (non-hydrogen) atoms. The van der Waals surface area contributed by atoms with Gasteiger partial charge in [0.15, 0.2) is 5.96 Å². The number of hydrogen-bond donors (Lipinski definition) is 1. The molecule has 1 fully saturated rings. The maximum absolute atomic E-state index is 5.23. The molecule has 1 aliphatic rings. The highest BCUT2D eigenvalue weighted by atomic mass is 127. The summed E-state index contributed by atoms with van der Waals surface area (Å²) in [6, 6.07) is 1.92. The molecule has 150 valence electrons. The molecule has 3 heterocycles. The smallest absolute Gasteiger partial charge is 0.194 e. The van der Waals surface area contributed by atoms with Crippen molar-refractivity contribution in [3.8, 4) is 0 Å². The summed E-state index contributed by atoms with van der Waals surface area (Å²) in [5.74, 6) is 1.88. The zero-order valence-corrected chi connectivity index (χ0v) is 18.6. The SMILES string of the molecule is CCNC(=NCCc1c(C)noc1C)N1CCN(Cc2ccon2)CC1.I. The van der Waals surface area contributed by atoms with E-state index in [1.807, 2.05) is 19.9 Å². The summed E-state index contributed by atoms with van der Waals surface area (Å²) in [6.45, 7) is 12.3. The van der Waals surface area contributed by atoms with Crippen LogP contribution in [0.4, 0.5) is 0 Å². The van der Waals surface area contributed by atoms with Crippen LogP contribution in [0.5, 0.6) is 0 Å². The van der Waals surface area contributed by atoms with Gasteiger partial charge in [0.25, 0.3) is 0 Å². The summed E-state index contributed by atoms with van der Waals surface area (Å²) in [4.78, 5) is 9.53. The summed E-state index contributed by atoms with van der Waals surface area (Å²) in [5.41, 5.74) is 3.12. The van der Waals surface area contributed by atoms with Gasteiger partial charge in [-0.15, -0.1) is 24.0 Å². The van der Waals surface area contributed by atoms with Crippen LogP contribution in [0.15, 0.2) is 26.4 Å². The fourth-order valence-electron chi connectivity index (χ4n) is 3.22. The number of aliphatic imine (C=N–C) groups is 1. The quantitative estimate of drug-likeness (QED) is 0.380. The Labute approximate surface area is 177 Å². The monoisotopic (exact) mass is 488 g/mol. The highest BCUT2D eigenvalue weighted by Gasteiger charge is 2.20. The lowest BCUT2D eigenvalue weighted by atomic mass is 10.1. The molecule has 0 atom stereocenters. The van der Waals surface area contributed by atoms with Crippen LogP contribution in [0.1, 0.15) is 29.6 Å². The van der Waals surface area contributed by atoms with Crippen molar-refractivity contribution in [3.05, 3.63) is 35.0 Å². The lowest BCUT2D eigenvalue weighted by Crippen LogP contribution is -2.52. The van der Waals surface area contributed by atoms with E-state index in [1.165, 1.54) is 5.56 Å². The Hall–Kier alpha value is -1.62. The molecule has 1 aliphatic heterocycles. The number of aromatic nitrogens is 2. The second kappa shape index (κ2) is 10.6. The molecular weight excluding hydrogens is 459 g/mol. The summed E-state index contributed by atoms with van der Waals surface area (Å²) in [7, 11) is 0. The second-order valence-corrected chi connectivity index (χ2v) is 6.54. The third kappa shape index (κ3) is 5.93. The first-order valence-electron chi connectivity index (χ1n) is 9.24. The van der Waals surface area contributed by atoms with Crippen LogP contribution in [0.25, 0.3) is 0 Å². The lowest BCUT2D eigenvalue weighted by molar-refractivity contribution is 0.169. The standard InChI is InChI=1S/C18H28N6O2.HI/c1-4-19-18(20-7-5-17-14(2)21-26-15(17)3)24-10-8-23(9-11-24)13-16-6-12-25-22-16;/h6,12H,4-5,7-11,13H2,1-3H3,(H,19,20);1H. The summed E-state index contributed by atoms with van der Waals surface area (Å²) >= 11 is 0. The molecule has 1 N–H and O–H groups in total. The van der Waals surface area contributed by atoms with Crippen molar-refractivity contribution in [1.82, 2.24) is 25.4 Å². The Balaban J connectivity index is 0.00000261. The van der Waals surface area contributed by atoms with Gasteiger partial charge < -0.3 is 19.3 Å². The van der Waals surface area contributed by atoms with E-state index < -0.39 is 0 Å². The second-order valence-electron chi connectivity index (χ2n) is 6.54. The minimum Gasteiger partial charge on any atom is -0.364 e. The van der Waals surface area contributed by atoms with E-state index in [4.69, 9.17) is 14.0 Å². The van der Waals surface area contributed by atoms with Gasteiger partial charge in [-0.2, -0.15) is 0 Å². The zero-order valence-electron chi connectivity index (χ0n) is 16.3. The lowest BCUT2D eigenvalue weighted by Gasteiger charge is -2.36. The molecule has 3 rings (SSSR count). The van der Waals surface area contributed by atoms with Crippen molar-refractivity contribution in [2.75, 3.05) is 39.3 Å². The number of rotatable bonds is 6. The van der Waals surface area contributed by atoms with E-state index in [0.29, 0.717) is 0 Å². The number of nitrogens with zero attached hydrogens (tertiary/aromatic N) is 5. The van der Waals surface area contributed by atoms with E-state index in [9.17, 15) is 0 Å². The van der Waals surface area contributed by atoms with Crippen molar-refractivity contribution >= 4 is 29.9 Å². The van der Waals surface area contributed by atoms with Crippen molar-refractivity contribution < 1.29 is 9.05 Å². The molecule has 1 saturated heterocycles. The fraction of sp³-hybridized carbons (Fsp3) is 0.611. The maximum atomic E-state index is 5.23. The van der Waals surface area contributed by atoms with Crippen LogP contribution >= 0.6 is 24.0 Å². The zero-order chi connectivity index (χ0) is 18.4. The van der Waals surface area contributed by atoms with Gasteiger partial charge in [0.2, 0.25) is 0 Å². The number of guanidine groups is 1. The summed E-state index contributed by atoms with van der Waals surface area (Å²) in [6.07, 6.45) is 2.47. The van der Waals surface area contributed by atoms with Crippen LogP contribution in [-0.4, -0.2) is 65.3 Å². The number of hydrogen-bond acceptors (Lipinski definition) is 6. The molecule has 2 aromatic rings. The van der Waals surface area contributed by atoms with Gasteiger partial charge in [-0.3, -0.25) is 9.89 Å². The highest BCUT2D eigenvalue weighted by Crippen LogP contribution is 2.13. The molecule has 0 aliphatic carbocycles. The first kappa shape index (κ1) is 21.7. The van der Waals surface area contributed by atoms with E-state index in [0.717, 1.165) is 75.3 Å². The number of piperazine rings is 1. The molecule has 0 amide bonds. The van der Waals surface area contributed by atoms with Gasteiger partial charge in [-0.05, 0) is 27.2 Å². The minimum absolute atomic E-state index is 0. The Kier molecular flexibility index (Phi) is 8.55. The molecule has 8 nitrogen and oxygen atoms in total. The van der Waals surface area contributed by atoms with Crippen LogP contribution < -0.4 is 5.32 Å². The van der Waals surface area contributed by atoms with E-state index in [1.54, 1.807) is 6.26 Å². The molecule has 0 aromatic carbocycles. The molecule has 0 bridgehead atoms. The van der Waals surface area contributed by atoms with Crippen LogP contribution in [0.3, 0.4) is 0 Å². The summed E-state index contributed by atoms with van der Waals surface area (Å²) in [5, 5.41) is 11.4. The van der Waals surface area contributed by atoms with Crippen LogP contribution in [0.2, 0.25) is 0 Å². The number of halogens is 1. The molecular formula is C18H29IN6O2. The minimum atomic E-state index is 0. The fourth-order valence-corrected chi connectivity index (χ4v) is 3.22. The largest absolute Gasteiger partial charge is 0.364 e. The summed E-state index contributed by atoms with van der Waals surface area (Å²) < 4.78 is 10.1. The van der Waals surface area contributed by atoms with Gasteiger partial charge in [0.1, 0.15) is 12.0 Å². The first-order valence-corrected chi connectivity index (χ1v) is 9.24. The topological polar surface area (TPSA) is 82.9 Å². The van der Waals surface area contributed by atoms with Crippen molar-refractivity contribution in [3.63, 3.8) is 0 Å². The Morgan fingerprint density at radius 3 is 2.59 bits per heavy atom. The molecule has 2 aromatic heterocycles. The van der Waals surface area contributed by atoms with E-state index in [-0.39, 0.29) is 24.0 Å². The van der Waals surface area contributed by atoms with E-state index >= 15 is 0 Å². The Morgan fingerprint density at radius 1 is 1.22 bits per heavy atom. The Morgan fingerprint density at radius 2 is 2.00 bits per heavy atom. The predicted molar refractivity (Wildman–Crippen MR) is 114 cm³/mol. The average Bonchev–Trinajstić information content (AvgIpc) is 3.26. The molecule has 0 unspecified atom stereocenters. The predicted octanol–water partition coefficient (Wildman–Crippen LogP) is 2.22. The van der Waals surface area contributed by atoms with Gasteiger partial charge >= 0.3 is 0 Å². The maximum Gasteiger partial charge on any atom is 0.194 e. The van der Waals surface area contributed by atoms with Crippen LogP contribution in [0, 0.1) is 13.8 Å².